The highest BCUT2D eigenvalue weighted by Gasteiger charge is 2.19. The van der Waals surface area contributed by atoms with Crippen molar-refractivity contribution in [2.45, 2.75) is 311 Å². The molecule has 0 bridgehead atoms. The molecular weight excluding hydrogens is 769 g/mol. The highest BCUT2D eigenvalue weighted by atomic mass is 16.6. The van der Waals surface area contributed by atoms with Crippen molar-refractivity contribution < 1.29 is 28.6 Å². The van der Waals surface area contributed by atoms with E-state index in [4.69, 9.17) is 14.2 Å². The number of carbonyl (C=O) groups excluding carboxylic acids is 3. The molecule has 6 heteroatoms. The summed E-state index contributed by atoms with van der Waals surface area (Å²) in [5, 5.41) is 0. The summed E-state index contributed by atoms with van der Waals surface area (Å²) in [5.41, 5.74) is 0. The lowest BCUT2D eigenvalue weighted by molar-refractivity contribution is -0.167. The predicted molar refractivity (Wildman–Crippen MR) is 266 cm³/mol. The van der Waals surface area contributed by atoms with Crippen LogP contribution >= 0.6 is 0 Å². The van der Waals surface area contributed by atoms with Gasteiger partial charge in [-0.25, -0.2) is 0 Å². The average molecular weight is 877 g/mol. The van der Waals surface area contributed by atoms with Crippen LogP contribution in [0.1, 0.15) is 305 Å². The zero-order chi connectivity index (χ0) is 45.6. The molecule has 0 heterocycles. The summed E-state index contributed by atoms with van der Waals surface area (Å²) in [7, 11) is 0. The number of carbonyl (C=O) groups is 3. The van der Waals surface area contributed by atoms with Crippen LogP contribution in [0.2, 0.25) is 0 Å². The molecule has 0 aromatic rings. The Kier molecular flexibility index (Phi) is 46.2. The molecule has 0 radical (unpaired) electrons. The molecular formula is C56H108O6. The highest BCUT2D eigenvalue weighted by molar-refractivity contribution is 5.71. The number of unbranched alkanes of at least 4 members (excludes halogenated alkanes) is 31. The lowest BCUT2D eigenvalue weighted by atomic mass is 9.99. The van der Waals surface area contributed by atoms with Crippen LogP contribution in [0.15, 0.2) is 0 Å². The fourth-order valence-electron chi connectivity index (χ4n) is 8.44. The number of esters is 3. The minimum absolute atomic E-state index is 0.0644. The van der Waals surface area contributed by atoms with Gasteiger partial charge in [-0.3, -0.25) is 14.4 Å². The third-order valence-corrected chi connectivity index (χ3v) is 13.0. The second kappa shape index (κ2) is 47.4. The summed E-state index contributed by atoms with van der Waals surface area (Å²) in [6.07, 6.45) is 48.0. The van der Waals surface area contributed by atoms with Crippen molar-refractivity contribution in [3.8, 4) is 0 Å². The maximum absolute atomic E-state index is 12.8. The molecule has 1 unspecified atom stereocenters. The fraction of sp³-hybridized carbons (Fsp3) is 0.946. The zero-order valence-corrected chi connectivity index (χ0v) is 42.7. The summed E-state index contributed by atoms with van der Waals surface area (Å²) in [5.74, 6) is 1.67. The predicted octanol–water partition coefficient (Wildman–Crippen LogP) is 17.9. The van der Waals surface area contributed by atoms with E-state index in [0.29, 0.717) is 19.3 Å². The van der Waals surface area contributed by atoms with E-state index in [1.807, 2.05) is 0 Å². The van der Waals surface area contributed by atoms with Crippen LogP contribution < -0.4 is 0 Å². The maximum atomic E-state index is 12.8. The Morgan fingerprint density at radius 2 is 0.565 bits per heavy atom. The minimum Gasteiger partial charge on any atom is -0.462 e. The molecule has 0 saturated carbocycles. The molecule has 368 valence electrons. The van der Waals surface area contributed by atoms with Crippen LogP contribution in [0.25, 0.3) is 0 Å². The monoisotopic (exact) mass is 877 g/mol. The standard InChI is InChI=1S/C56H108O6/c1-7-52(6)44-38-32-26-22-23-29-35-41-47-56(59)62-53(49-61-55(58)46-40-34-28-21-17-16-19-25-31-37-43-51(4)5)48-60-54(57)45-39-33-27-20-15-13-11-9-8-10-12-14-18-24-30-36-42-50(2)3/h50-53H,7-49H2,1-6H3/t52?,53-/m1/s1. The van der Waals surface area contributed by atoms with Gasteiger partial charge in [-0.15, -0.1) is 0 Å². The first kappa shape index (κ1) is 60.4. The second-order valence-corrected chi connectivity index (χ2v) is 20.4. The molecule has 0 aromatic carbocycles. The van der Waals surface area contributed by atoms with Crippen molar-refractivity contribution in [2.24, 2.45) is 17.8 Å². The van der Waals surface area contributed by atoms with Gasteiger partial charge in [-0.1, -0.05) is 266 Å². The van der Waals surface area contributed by atoms with Crippen LogP contribution in [-0.2, 0) is 28.6 Å². The van der Waals surface area contributed by atoms with Gasteiger partial charge in [-0.2, -0.15) is 0 Å². The third-order valence-electron chi connectivity index (χ3n) is 13.0. The summed E-state index contributed by atoms with van der Waals surface area (Å²) in [6.45, 7) is 13.7. The van der Waals surface area contributed by atoms with Crippen molar-refractivity contribution in [2.75, 3.05) is 13.2 Å². The highest BCUT2D eigenvalue weighted by Crippen LogP contribution is 2.18. The topological polar surface area (TPSA) is 78.9 Å². The Bertz CT molecular complexity index is 962. The van der Waals surface area contributed by atoms with Gasteiger partial charge in [0.25, 0.3) is 0 Å². The first-order valence-electron chi connectivity index (χ1n) is 27.6. The summed E-state index contributed by atoms with van der Waals surface area (Å²) in [4.78, 5) is 38.0. The quantitative estimate of drug-likeness (QED) is 0.0344. The van der Waals surface area contributed by atoms with E-state index in [2.05, 4.69) is 41.5 Å². The Hall–Kier alpha value is -1.59. The van der Waals surface area contributed by atoms with Crippen LogP contribution in [-0.4, -0.2) is 37.2 Å². The zero-order valence-electron chi connectivity index (χ0n) is 42.7. The Morgan fingerprint density at radius 1 is 0.323 bits per heavy atom. The van der Waals surface area contributed by atoms with E-state index >= 15 is 0 Å². The Labute approximate surface area is 387 Å². The molecule has 0 aliphatic heterocycles. The molecule has 0 saturated heterocycles. The Morgan fingerprint density at radius 3 is 0.839 bits per heavy atom. The largest absolute Gasteiger partial charge is 0.462 e. The fourth-order valence-corrected chi connectivity index (χ4v) is 8.44. The van der Waals surface area contributed by atoms with E-state index in [0.717, 1.165) is 75.5 Å². The molecule has 0 amide bonds. The van der Waals surface area contributed by atoms with Gasteiger partial charge in [0.2, 0.25) is 0 Å². The number of rotatable bonds is 49. The van der Waals surface area contributed by atoms with Crippen LogP contribution in [0.3, 0.4) is 0 Å². The van der Waals surface area contributed by atoms with Crippen LogP contribution in [0.4, 0.5) is 0 Å². The molecule has 6 nitrogen and oxygen atoms in total. The SMILES string of the molecule is CCC(C)CCCCCCCCCCC(=O)O[C@H](COC(=O)CCCCCCCCCCCCCCCCCCC(C)C)COC(=O)CCCCCCCCCCCCC(C)C. The number of hydrogen-bond donors (Lipinski definition) is 0. The Balaban J connectivity index is 4.27. The molecule has 0 aliphatic rings. The summed E-state index contributed by atoms with van der Waals surface area (Å²) < 4.78 is 16.8. The van der Waals surface area contributed by atoms with Crippen LogP contribution in [0.5, 0.6) is 0 Å². The van der Waals surface area contributed by atoms with E-state index < -0.39 is 6.10 Å². The van der Waals surface area contributed by atoms with Crippen molar-refractivity contribution in [3.05, 3.63) is 0 Å². The number of ether oxygens (including phenoxy) is 3. The van der Waals surface area contributed by atoms with E-state index in [1.54, 1.807) is 0 Å². The normalized spacial score (nSPS) is 12.6. The molecule has 0 fully saturated rings. The van der Waals surface area contributed by atoms with Gasteiger partial charge in [0.1, 0.15) is 13.2 Å². The molecule has 0 spiro atoms. The van der Waals surface area contributed by atoms with Gasteiger partial charge in [0, 0.05) is 19.3 Å². The summed E-state index contributed by atoms with van der Waals surface area (Å²) >= 11 is 0. The molecule has 0 N–H and O–H groups in total. The first-order chi connectivity index (χ1) is 30.1. The third kappa shape index (κ3) is 47.9. The average Bonchev–Trinajstić information content (AvgIpc) is 3.24. The van der Waals surface area contributed by atoms with Gasteiger partial charge in [-0.05, 0) is 37.0 Å². The van der Waals surface area contributed by atoms with E-state index in [9.17, 15) is 14.4 Å². The van der Waals surface area contributed by atoms with Crippen molar-refractivity contribution in [3.63, 3.8) is 0 Å². The van der Waals surface area contributed by atoms with E-state index in [1.165, 1.54) is 186 Å². The molecule has 62 heavy (non-hydrogen) atoms. The first-order valence-corrected chi connectivity index (χ1v) is 27.6. The van der Waals surface area contributed by atoms with Gasteiger partial charge in [0.15, 0.2) is 6.10 Å². The molecule has 2 atom stereocenters. The second-order valence-electron chi connectivity index (χ2n) is 20.4. The van der Waals surface area contributed by atoms with E-state index in [-0.39, 0.29) is 31.1 Å². The molecule has 0 aromatic heterocycles. The summed E-state index contributed by atoms with van der Waals surface area (Å²) in [6, 6.07) is 0. The van der Waals surface area contributed by atoms with Gasteiger partial charge >= 0.3 is 17.9 Å². The van der Waals surface area contributed by atoms with Gasteiger partial charge < -0.3 is 14.2 Å². The minimum atomic E-state index is -0.763. The number of hydrogen-bond acceptors (Lipinski definition) is 6. The van der Waals surface area contributed by atoms with Gasteiger partial charge in [0.05, 0.1) is 0 Å². The smallest absolute Gasteiger partial charge is 0.306 e. The van der Waals surface area contributed by atoms with Crippen molar-refractivity contribution in [1.82, 2.24) is 0 Å². The molecule has 0 aliphatic carbocycles. The van der Waals surface area contributed by atoms with Crippen molar-refractivity contribution >= 4 is 17.9 Å². The van der Waals surface area contributed by atoms with Crippen molar-refractivity contribution in [1.29, 1.82) is 0 Å². The maximum Gasteiger partial charge on any atom is 0.306 e. The van der Waals surface area contributed by atoms with Crippen LogP contribution in [0, 0.1) is 17.8 Å². The lowest BCUT2D eigenvalue weighted by Gasteiger charge is -2.18. The lowest BCUT2D eigenvalue weighted by Crippen LogP contribution is -2.30. The molecule has 0 rings (SSSR count).